The molecule has 0 fully saturated rings. The highest BCUT2D eigenvalue weighted by Crippen LogP contribution is 2.39. The monoisotopic (exact) mass is 433 g/mol. The summed E-state index contributed by atoms with van der Waals surface area (Å²) in [6.45, 7) is 0. The predicted octanol–water partition coefficient (Wildman–Crippen LogP) is 2.68. The van der Waals surface area contributed by atoms with Gasteiger partial charge in [0.25, 0.3) is 5.91 Å². The van der Waals surface area contributed by atoms with Gasteiger partial charge in [-0.15, -0.1) is 0 Å². The van der Waals surface area contributed by atoms with Crippen molar-refractivity contribution in [2.24, 2.45) is 0 Å². The average Bonchev–Trinajstić information content (AvgIpc) is 3.12. The molecule has 0 aromatic heterocycles. The molecule has 2 aromatic carbocycles. The van der Waals surface area contributed by atoms with Gasteiger partial charge in [-0.1, -0.05) is 0 Å². The van der Waals surface area contributed by atoms with Gasteiger partial charge in [-0.3, -0.25) is 4.79 Å². The zero-order valence-electron chi connectivity index (χ0n) is 17.1. The van der Waals surface area contributed by atoms with Crippen LogP contribution in [0.4, 0.5) is 5.69 Å². The smallest absolute Gasteiger partial charge is 0.259 e. The van der Waals surface area contributed by atoms with Gasteiger partial charge in [0.1, 0.15) is 5.75 Å². The summed E-state index contributed by atoms with van der Waals surface area (Å²) in [5, 5.41) is 1.14. The summed E-state index contributed by atoms with van der Waals surface area (Å²) >= 11 is 0. The van der Waals surface area contributed by atoms with Crippen LogP contribution in [-0.4, -0.2) is 54.6 Å². The SMILES string of the molecule is COc1ccc(N(C(=O)c2cc(OC)c(OC)c(OC)c2)C2C=CS(=O)(=O)C2)cc1. The second-order valence-electron chi connectivity index (χ2n) is 6.51. The van der Waals surface area contributed by atoms with Gasteiger partial charge in [0.05, 0.1) is 40.2 Å². The van der Waals surface area contributed by atoms with E-state index in [0.717, 1.165) is 5.41 Å². The molecule has 8 nitrogen and oxygen atoms in total. The molecule has 0 spiro atoms. The normalized spacial score (nSPS) is 16.7. The van der Waals surface area contributed by atoms with Crippen molar-refractivity contribution in [1.82, 2.24) is 0 Å². The summed E-state index contributed by atoms with van der Waals surface area (Å²) in [6.07, 6.45) is 1.51. The molecule has 1 heterocycles. The highest BCUT2D eigenvalue weighted by atomic mass is 32.2. The number of ether oxygens (including phenoxy) is 4. The van der Waals surface area contributed by atoms with E-state index in [-0.39, 0.29) is 11.3 Å². The molecule has 0 bridgehead atoms. The molecule has 0 N–H and O–H groups in total. The van der Waals surface area contributed by atoms with Gasteiger partial charge in [-0.2, -0.15) is 0 Å². The van der Waals surface area contributed by atoms with Crippen LogP contribution in [0.2, 0.25) is 0 Å². The number of nitrogens with zero attached hydrogens (tertiary/aromatic N) is 1. The first-order chi connectivity index (χ1) is 14.3. The zero-order valence-corrected chi connectivity index (χ0v) is 17.9. The number of amides is 1. The number of hydrogen-bond acceptors (Lipinski definition) is 7. The fraction of sp³-hybridized carbons (Fsp3) is 0.286. The fourth-order valence-corrected chi connectivity index (χ4v) is 4.53. The molecule has 3 rings (SSSR count). The molecule has 0 saturated heterocycles. The summed E-state index contributed by atoms with van der Waals surface area (Å²) in [4.78, 5) is 15.0. The van der Waals surface area contributed by atoms with E-state index in [1.165, 1.54) is 44.4 Å². The van der Waals surface area contributed by atoms with Crippen LogP contribution in [0.1, 0.15) is 10.4 Å². The molecule has 160 valence electrons. The van der Waals surface area contributed by atoms with E-state index in [1.807, 2.05) is 0 Å². The van der Waals surface area contributed by atoms with E-state index in [1.54, 1.807) is 31.4 Å². The van der Waals surface area contributed by atoms with Crippen molar-refractivity contribution in [3.8, 4) is 23.0 Å². The molecule has 1 aliphatic rings. The number of sulfone groups is 1. The van der Waals surface area contributed by atoms with Crippen LogP contribution in [0.15, 0.2) is 47.9 Å². The van der Waals surface area contributed by atoms with E-state index in [9.17, 15) is 13.2 Å². The minimum atomic E-state index is -3.38. The van der Waals surface area contributed by atoms with Crippen molar-refractivity contribution in [2.75, 3.05) is 39.1 Å². The van der Waals surface area contributed by atoms with Crippen molar-refractivity contribution in [1.29, 1.82) is 0 Å². The maximum absolute atomic E-state index is 13.5. The van der Waals surface area contributed by atoms with Crippen molar-refractivity contribution in [3.63, 3.8) is 0 Å². The first kappa shape index (κ1) is 21.5. The van der Waals surface area contributed by atoms with Gasteiger partial charge in [0.15, 0.2) is 21.3 Å². The molecule has 0 saturated carbocycles. The lowest BCUT2D eigenvalue weighted by molar-refractivity contribution is 0.0982. The maximum Gasteiger partial charge on any atom is 0.259 e. The Hall–Kier alpha value is -3.20. The van der Waals surface area contributed by atoms with Crippen LogP contribution in [0.25, 0.3) is 0 Å². The molecule has 0 radical (unpaired) electrons. The van der Waals surface area contributed by atoms with Crippen LogP contribution >= 0.6 is 0 Å². The predicted molar refractivity (Wildman–Crippen MR) is 113 cm³/mol. The lowest BCUT2D eigenvalue weighted by Gasteiger charge is -2.28. The van der Waals surface area contributed by atoms with Gasteiger partial charge in [0, 0.05) is 16.7 Å². The molecule has 1 unspecified atom stereocenters. The number of rotatable bonds is 7. The maximum atomic E-state index is 13.5. The number of carbonyl (C=O) groups excluding carboxylic acids is 1. The minimum Gasteiger partial charge on any atom is -0.497 e. The third-order valence-corrected chi connectivity index (χ3v) is 6.10. The standard InChI is InChI=1S/C21H23NO7S/c1-26-17-7-5-15(6-8-17)22(16-9-10-30(24,25)13-16)21(23)14-11-18(27-2)20(29-4)19(12-14)28-3/h5-12,16H,13H2,1-4H3. The number of methoxy groups -OCH3 is 4. The molecule has 1 aliphatic heterocycles. The van der Waals surface area contributed by atoms with E-state index >= 15 is 0 Å². The molecule has 2 aromatic rings. The zero-order chi connectivity index (χ0) is 21.9. The van der Waals surface area contributed by atoms with Gasteiger partial charge < -0.3 is 23.8 Å². The molecule has 30 heavy (non-hydrogen) atoms. The van der Waals surface area contributed by atoms with E-state index in [0.29, 0.717) is 28.7 Å². The molecule has 0 aliphatic carbocycles. The first-order valence-corrected chi connectivity index (χ1v) is 10.7. The lowest BCUT2D eigenvalue weighted by atomic mass is 10.1. The average molecular weight is 433 g/mol. The quantitative estimate of drug-likeness (QED) is 0.663. The number of carbonyl (C=O) groups is 1. The summed E-state index contributed by atoms with van der Waals surface area (Å²) in [5.41, 5.74) is 0.791. The topological polar surface area (TPSA) is 91.4 Å². The second-order valence-corrected chi connectivity index (χ2v) is 8.44. The Morgan fingerprint density at radius 3 is 1.97 bits per heavy atom. The highest BCUT2D eigenvalue weighted by Gasteiger charge is 2.33. The molecular weight excluding hydrogens is 410 g/mol. The molecule has 1 amide bonds. The Labute approximate surface area is 175 Å². The van der Waals surface area contributed by atoms with Crippen LogP contribution in [-0.2, 0) is 9.84 Å². The van der Waals surface area contributed by atoms with Crippen LogP contribution in [0.3, 0.4) is 0 Å². The van der Waals surface area contributed by atoms with E-state index in [2.05, 4.69) is 0 Å². The first-order valence-electron chi connectivity index (χ1n) is 9.02. The van der Waals surface area contributed by atoms with Gasteiger partial charge in [-0.05, 0) is 42.5 Å². The second kappa shape index (κ2) is 8.66. The Bertz CT molecular complexity index is 1040. The molecular formula is C21H23NO7S. The van der Waals surface area contributed by atoms with Gasteiger partial charge in [0.2, 0.25) is 5.75 Å². The molecule has 9 heteroatoms. The Kier molecular flexibility index (Phi) is 6.21. The van der Waals surface area contributed by atoms with E-state index < -0.39 is 21.8 Å². The number of hydrogen-bond donors (Lipinski definition) is 0. The summed E-state index contributed by atoms with van der Waals surface area (Å²) in [5.74, 6) is 1.01. The fourth-order valence-electron chi connectivity index (χ4n) is 3.27. The van der Waals surface area contributed by atoms with Crippen molar-refractivity contribution >= 4 is 21.4 Å². The Morgan fingerprint density at radius 1 is 0.933 bits per heavy atom. The third-order valence-electron chi connectivity index (χ3n) is 4.72. The Balaban J connectivity index is 2.09. The van der Waals surface area contributed by atoms with Crippen molar-refractivity contribution in [3.05, 3.63) is 53.4 Å². The lowest BCUT2D eigenvalue weighted by Crippen LogP contribution is -2.41. The largest absolute Gasteiger partial charge is 0.497 e. The van der Waals surface area contributed by atoms with E-state index in [4.69, 9.17) is 18.9 Å². The minimum absolute atomic E-state index is 0.199. The number of benzene rings is 2. The highest BCUT2D eigenvalue weighted by molar-refractivity contribution is 7.94. The summed E-state index contributed by atoms with van der Waals surface area (Å²) < 4.78 is 45.2. The molecule has 1 atom stereocenters. The van der Waals surface area contributed by atoms with Gasteiger partial charge in [-0.25, -0.2) is 8.42 Å². The van der Waals surface area contributed by atoms with Gasteiger partial charge >= 0.3 is 0 Å². The van der Waals surface area contributed by atoms with Crippen molar-refractivity contribution in [2.45, 2.75) is 6.04 Å². The number of anilines is 1. The Morgan fingerprint density at radius 2 is 1.53 bits per heavy atom. The van der Waals surface area contributed by atoms with Crippen molar-refractivity contribution < 1.29 is 32.2 Å². The summed E-state index contributed by atoms with van der Waals surface area (Å²) in [6, 6.07) is 9.23. The van der Waals surface area contributed by atoms with Crippen LogP contribution in [0, 0.1) is 0 Å². The third kappa shape index (κ3) is 4.20. The summed E-state index contributed by atoms with van der Waals surface area (Å²) in [7, 11) is 2.55. The van der Waals surface area contributed by atoms with Crippen LogP contribution in [0.5, 0.6) is 23.0 Å². The van der Waals surface area contributed by atoms with Crippen LogP contribution < -0.4 is 23.8 Å².